The zero-order valence-electron chi connectivity index (χ0n) is 14.0. The van der Waals surface area contributed by atoms with E-state index in [1.807, 2.05) is 53.3 Å². The summed E-state index contributed by atoms with van der Waals surface area (Å²) in [6.45, 7) is 0. The van der Waals surface area contributed by atoms with E-state index in [4.69, 9.17) is 0 Å². The summed E-state index contributed by atoms with van der Waals surface area (Å²) in [6, 6.07) is 16.6. The maximum atomic E-state index is 12.4. The molecule has 26 heavy (non-hydrogen) atoms. The van der Waals surface area contributed by atoms with Crippen LogP contribution in [0.2, 0.25) is 0 Å². The standard InChI is InChI=1S/C19H15N5OS/c1-26-19-20-10-9-17(23-19)24-12-21-15-8-7-14(11-16(15)24)22-18(25)13-5-3-2-4-6-13/h2-12H,1H3,(H,22,25). The zero-order chi connectivity index (χ0) is 17.9. The van der Waals surface area contributed by atoms with E-state index in [9.17, 15) is 4.79 Å². The van der Waals surface area contributed by atoms with E-state index in [1.165, 1.54) is 11.8 Å². The molecule has 2 heterocycles. The Morgan fingerprint density at radius 3 is 2.73 bits per heavy atom. The summed E-state index contributed by atoms with van der Waals surface area (Å²) in [5, 5.41) is 3.62. The third-order valence-corrected chi connectivity index (χ3v) is 4.45. The quantitative estimate of drug-likeness (QED) is 0.442. The summed E-state index contributed by atoms with van der Waals surface area (Å²) < 4.78 is 1.88. The number of aromatic nitrogens is 4. The summed E-state index contributed by atoms with van der Waals surface area (Å²) in [5.74, 6) is 0.584. The van der Waals surface area contributed by atoms with Crippen LogP contribution in [0.25, 0.3) is 16.9 Å². The van der Waals surface area contributed by atoms with Gasteiger partial charge in [0.2, 0.25) is 0 Å². The van der Waals surface area contributed by atoms with E-state index in [0.29, 0.717) is 16.4 Å². The molecule has 4 aromatic rings. The van der Waals surface area contributed by atoms with Crippen molar-refractivity contribution in [3.63, 3.8) is 0 Å². The lowest BCUT2D eigenvalue weighted by Crippen LogP contribution is -2.11. The molecule has 0 radical (unpaired) electrons. The molecule has 1 N–H and O–H groups in total. The van der Waals surface area contributed by atoms with Crippen LogP contribution in [0.3, 0.4) is 0 Å². The lowest BCUT2D eigenvalue weighted by molar-refractivity contribution is 0.102. The normalized spacial score (nSPS) is 10.8. The monoisotopic (exact) mass is 361 g/mol. The van der Waals surface area contributed by atoms with Crippen LogP contribution in [0, 0.1) is 0 Å². The molecule has 0 saturated carbocycles. The number of hydrogen-bond donors (Lipinski definition) is 1. The minimum atomic E-state index is -0.150. The largest absolute Gasteiger partial charge is 0.322 e. The van der Waals surface area contributed by atoms with Crippen molar-refractivity contribution in [3.8, 4) is 5.82 Å². The van der Waals surface area contributed by atoms with Gasteiger partial charge in [-0.1, -0.05) is 30.0 Å². The molecular weight excluding hydrogens is 346 g/mol. The molecule has 0 aliphatic heterocycles. The maximum absolute atomic E-state index is 12.4. The van der Waals surface area contributed by atoms with Gasteiger partial charge in [-0.3, -0.25) is 9.36 Å². The van der Waals surface area contributed by atoms with Crippen LogP contribution in [0.5, 0.6) is 0 Å². The highest BCUT2D eigenvalue weighted by Crippen LogP contribution is 2.22. The maximum Gasteiger partial charge on any atom is 0.255 e. The van der Waals surface area contributed by atoms with Gasteiger partial charge in [0, 0.05) is 17.4 Å². The summed E-state index contributed by atoms with van der Waals surface area (Å²) in [4.78, 5) is 25.5. The van der Waals surface area contributed by atoms with Gasteiger partial charge in [-0.25, -0.2) is 15.0 Å². The average molecular weight is 361 g/mol. The average Bonchev–Trinajstić information content (AvgIpc) is 3.12. The van der Waals surface area contributed by atoms with Crippen molar-refractivity contribution in [1.82, 2.24) is 19.5 Å². The van der Waals surface area contributed by atoms with Gasteiger partial charge in [-0.15, -0.1) is 0 Å². The molecule has 0 saturated heterocycles. The second kappa shape index (κ2) is 6.97. The number of nitrogens with one attached hydrogen (secondary N) is 1. The molecule has 128 valence electrons. The van der Waals surface area contributed by atoms with Gasteiger partial charge >= 0.3 is 0 Å². The molecule has 7 heteroatoms. The van der Waals surface area contributed by atoms with Crippen LogP contribution in [0.1, 0.15) is 10.4 Å². The van der Waals surface area contributed by atoms with Gasteiger partial charge in [0.05, 0.1) is 11.0 Å². The Kier molecular flexibility index (Phi) is 4.37. The number of imidazole rings is 1. The van der Waals surface area contributed by atoms with Gasteiger partial charge < -0.3 is 5.32 Å². The molecule has 0 unspecified atom stereocenters. The fraction of sp³-hybridized carbons (Fsp3) is 0.0526. The number of anilines is 1. The molecule has 2 aromatic heterocycles. The number of fused-ring (bicyclic) bond motifs is 1. The number of hydrogen-bond acceptors (Lipinski definition) is 5. The molecule has 6 nitrogen and oxygen atoms in total. The first kappa shape index (κ1) is 16.3. The number of carbonyl (C=O) groups is 1. The van der Waals surface area contributed by atoms with Gasteiger partial charge in [0.1, 0.15) is 12.1 Å². The summed E-state index contributed by atoms with van der Waals surface area (Å²) in [7, 11) is 0. The number of nitrogens with zero attached hydrogens (tertiary/aromatic N) is 4. The number of thioether (sulfide) groups is 1. The Bertz CT molecular complexity index is 1080. The van der Waals surface area contributed by atoms with Crippen molar-refractivity contribution >= 4 is 34.4 Å². The first-order valence-electron chi connectivity index (χ1n) is 7.95. The van der Waals surface area contributed by atoms with E-state index >= 15 is 0 Å². The first-order chi connectivity index (χ1) is 12.7. The second-order valence-electron chi connectivity index (χ2n) is 5.54. The van der Waals surface area contributed by atoms with E-state index in [1.54, 1.807) is 24.7 Å². The molecule has 1 amide bonds. The van der Waals surface area contributed by atoms with Crippen LogP contribution in [0.4, 0.5) is 5.69 Å². The van der Waals surface area contributed by atoms with Crippen molar-refractivity contribution in [3.05, 3.63) is 72.7 Å². The highest BCUT2D eigenvalue weighted by atomic mass is 32.2. The highest BCUT2D eigenvalue weighted by Gasteiger charge is 2.10. The molecule has 0 bridgehead atoms. The highest BCUT2D eigenvalue weighted by molar-refractivity contribution is 7.98. The van der Waals surface area contributed by atoms with Crippen molar-refractivity contribution in [2.24, 2.45) is 0 Å². The Hall–Kier alpha value is -3.19. The fourth-order valence-corrected chi connectivity index (χ4v) is 2.98. The minimum absolute atomic E-state index is 0.150. The second-order valence-corrected chi connectivity index (χ2v) is 6.31. The molecule has 0 spiro atoms. The molecule has 4 rings (SSSR count). The van der Waals surface area contributed by atoms with Crippen LogP contribution in [-0.2, 0) is 0 Å². The van der Waals surface area contributed by atoms with E-state index in [0.717, 1.165) is 16.9 Å². The molecule has 0 aliphatic carbocycles. The minimum Gasteiger partial charge on any atom is -0.322 e. The van der Waals surface area contributed by atoms with Gasteiger partial charge in [0.25, 0.3) is 5.91 Å². The number of benzene rings is 2. The predicted octanol–water partition coefficient (Wildman–Crippen LogP) is 3.79. The SMILES string of the molecule is CSc1nccc(-n2cnc3ccc(NC(=O)c4ccccc4)cc32)n1. The van der Waals surface area contributed by atoms with E-state index in [2.05, 4.69) is 20.3 Å². The number of rotatable bonds is 4. The van der Waals surface area contributed by atoms with Crippen molar-refractivity contribution in [2.45, 2.75) is 5.16 Å². The molecule has 0 atom stereocenters. The fourth-order valence-electron chi connectivity index (χ4n) is 2.63. The van der Waals surface area contributed by atoms with Crippen LogP contribution in [0.15, 0.2) is 72.3 Å². The Morgan fingerprint density at radius 2 is 1.92 bits per heavy atom. The number of carbonyl (C=O) groups excluding carboxylic acids is 1. The summed E-state index contributed by atoms with van der Waals surface area (Å²) in [6.07, 6.45) is 5.38. The topological polar surface area (TPSA) is 72.7 Å². The summed E-state index contributed by atoms with van der Waals surface area (Å²) >= 11 is 1.48. The Morgan fingerprint density at radius 1 is 1.08 bits per heavy atom. The van der Waals surface area contributed by atoms with Gasteiger partial charge in [-0.05, 0) is 42.7 Å². The van der Waals surface area contributed by atoms with Crippen molar-refractivity contribution < 1.29 is 4.79 Å². The lowest BCUT2D eigenvalue weighted by Gasteiger charge is -2.07. The van der Waals surface area contributed by atoms with E-state index < -0.39 is 0 Å². The first-order valence-corrected chi connectivity index (χ1v) is 9.18. The zero-order valence-corrected chi connectivity index (χ0v) is 14.8. The molecule has 0 fully saturated rings. The van der Waals surface area contributed by atoms with Crippen LogP contribution in [-0.4, -0.2) is 31.7 Å². The molecule has 0 aliphatic rings. The van der Waals surface area contributed by atoms with Crippen molar-refractivity contribution in [2.75, 3.05) is 11.6 Å². The van der Waals surface area contributed by atoms with Crippen LogP contribution < -0.4 is 5.32 Å². The van der Waals surface area contributed by atoms with Crippen LogP contribution >= 0.6 is 11.8 Å². The third-order valence-electron chi connectivity index (χ3n) is 3.89. The van der Waals surface area contributed by atoms with Gasteiger partial charge in [-0.2, -0.15) is 0 Å². The lowest BCUT2D eigenvalue weighted by atomic mass is 10.2. The summed E-state index contributed by atoms with van der Waals surface area (Å²) in [5.41, 5.74) is 3.00. The third kappa shape index (κ3) is 3.16. The Labute approximate surface area is 154 Å². The Balaban J connectivity index is 1.69. The molecular formula is C19H15N5OS. The number of amides is 1. The molecule has 2 aromatic carbocycles. The predicted molar refractivity (Wildman–Crippen MR) is 103 cm³/mol. The van der Waals surface area contributed by atoms with Gasteiger partial charge in [0.15, 0.2) is 5.16 Å². The van der Waals surface area contributed by atoms with E-state index in [-0.39, 0.29) is 5.91 Å². The smallest absolute Gasteiger partial charge is 0.255 e. The van der Waals surface area contributed by atoms with Crippen molar-refractivity contribution in [1.29, 1.82) is 0 Å².